The Balaban J connectivity index is 1.79. The lowest BCUT2D eigenvalue weighted by Crippen LogP contribution is -2.27. The van der Waals surface area contributed by atoms with Gasteiger partial charge in [-0.1, -0.05) is 29.3 Å². The molecule has 3 rings (SSSR count). The molecule has 1 aliphatic rings. The number of amides is 1. The number of halogens is 2. The SMILES string of the molecule is Nc1ccc2c(c1)CCC2NC(=O)c1ccc(Cl)c(Cl)c1. The number of carbonyl (C=O) groups excluding carboxylic acids is 1. The minimum Gasteiger partial charge on any atom is -0.399 e. The Morgan fingerprint density at radius 3 is 2.71 bits per heavy atom. The van der Waals surface area contributed by atoms with Crippen LogP contribution >= 0.6 is 23.2 Å². The van der Waals surface area contributed by atoms with Gasteiger partial charge >= 0.3 is 0 Å². The second kappa shape index (κ2) is 5.58. The van der Waals surface area contributed by atoms with Gasteiger partial charge in [-0.2, -0.15) is 0 Å². The van der Waals surface area contributed by atoms with Crippen LogP contribution < -0.4 is 11.1 Å². The van der Waals surface area contributed by atoms with E-state index < -0.39 is 0 Å². The number of carbonyl (C=O) groups is 1. The van der Waals surface area contributed by atoms with E-state index in [1.54, 1.807) is 18.2 Å². The molecule has 0 aromatic heterocycles. The standard InChI is InChI=1S/C16H14Cl2N2O/c17-13-5-1-10(8-14(13)18)16(21)20-15-6-2-9-7-11(19)3-4-12(9)15/h1,3-5,7-8,15H,2,6,19H2,(H,20,21). The largest absolute Gasteiger partial charge is 0.399 e. The van der Waals surface area contributed by atoms with Crippen molar-refractivity contribution >= 4 is 34.8 Å². The monoisotopic (exact) mass is 320 g/mol. The van der Waals surface area contributed by atoms with E-state index in [-0.39, 0.29) is 11.9 Å². The Labute approximate surface area is 133 Å². The lowest BCUT2D eigenvalue weighted by Gasteiger charge is -2.14. The molecule has 0 radical (unpaired) electrons. The third kappa shape index (κ3) is 2.85. The molecule has 1 atom stereocenters. The Morgan fingerprint density at radius 1 is 1.14 bits per heavy atom. The summed E-state index contributed by atoms with van der Waals surface area (Å²) in [7, 11) is 0. The predicted octanol–water partition coefficient (Wildman–Crippen LogP) is 3.99. The molecule has 0 saturated carbocycles. The number of hydrogen-bond acceptors (Lipinski definition) is 2. The minimum absolute atomic E-state index is 0.0163. The van der Waals surface area contributed by atoms with Gasteiger partial charge in [0, 0.05) is 11.3 Å². The number of nitrogen functional groups attached to an aromatic ring is 1. The molecule has 0 saturated heterocycles. The molecule has 0 fully saturated rings. The summed E-state index contributed by atoms with van der Waals surface area (Å²) in [6.07, 6.45) is 1.80. The van der Waals surface area contributed by atoms with Crippen LogP contribution in [0.15, 0.2) is 36.4 Å². The Kier molecular flexibility index (Phi) is 3.79. The van der Waals surface area contributed by atoms with Crippen LogP contribution in [0.5, 0.6) is 0 Å². The van der Waals surface area contributed by atoms with E-state index >= 15 is 0 Å². The normalized spacial score (nSPS) is 16.6. The fourth-order valence-electron chi connectivity index (χ4n) is 2.67. The van der Waals surface area contributed by atoms with Crippen LogP contribution in [-0.4, -0.2) is 5.91 Å². The minimum atomic E-state index is -0.150. The number of hydrogen-bond donors (Lipinski definition) is 2. The van der Waals surface area contributed by atoms with Crippen molar-refractivity contribution in [2.75, 3.05) is 5.73 Å². The molecular weight excluding hydrogens is 307 g/mol. The van der Waals surface area contributed by atoms with Gasteiger partial charge in [0.25, 0.3) is 5.91 Å². The van der Waals surface area contributed by atoms with Gasteiger partial charge in [-0.25, -0.2) is 0 Å². The zero-order valence-electron chi connectivity index (χ0n) is 11.2. The van der Waals surface area contributed by atoms with Gasteiger partial charge in [0.15, 0.2) is 0 Å². The smallest absolute Gasteiger partial charge is 0.251 e. The van der Waals surface area contributed by atoms with Crippen LogP contribution in [-0.2, 0) is 6.42 Å². The van der Waals surface area contributed by atoms with Crippen LogP contribution in [0.1, 0.15) is 33.9 Å². The third-order valence-corrected chi connectivity index (χ3v) is 4.47. The molecule has 0 heterocycles. The van der Waals surface area contributed by atoms with Gasteiger partial charge in [-0.05, 0) is 54.3 Å². The summed E-state index contributed by atoms with van der Waals surface area (Å²) in [6.45, 7) is 0. The number of anilines is 1. The summed E-state index contributed by atoms with van der Waals surface area (Å²) in [4.78, 5) is 12.3. The molecule has 2 aromatic carbocycles. The number of aryl methyl sites for hydroxylation is 1. The second-order valence-electron chi connectivity index (χ2n) is 5.15. The van der Waals surface area contributed by atoms with E-state index in [1.807, 2.05) is 18.2 Å². The van der Waals surface area contributed by atoms with Gasteiger partial charge in [-0.15, -0.1) is 0 Å². The lowest BCUT2D eigenvalue weighted by molar-refractivity contribution is 0.0936. The maximum atomic E-state index is 12.3. The molecule has 0 spiro atoms. The van der Waals surface area contributed by atoms with Crippen molar-refractivity contribution in [2.24, 2.45) is 0 Å². The molecule has 5 heteroatoms. The van der Waals surface area contributed by atoms with E-state index in [1.165, 1.54) is 5.56 Å². The molecule has 2 aromatic rings. The number of nitrogens with two attached hydrogens (primary N) is 1. The number of nitrogens with one attached hydrogen (secondary N) is 1. The van der Waals surface area contributed by atoms with E-state index in [2.05, 4.69) is 5.32 Å². The maximum absolute atomic E-state index is 12.3. The summed E-state index contributed by atoms with van der Waals surface area (Å²) in [5, 5.41) is 3.85. The summed E-state index contributed by atoms with van der Waals surface area (Å²) in [6, 6.07) is 10.7. The summed E-state index contributed by atoms with van der Waals surface area (Å²) >= 11 is 11.8. The summed E-state index contributed by atoms with van der Waals surface area (Å²) in [5.74, 6) is -0.150. The van der Waals surface area contributed by atoms with Crippen LogP contribution in [0, 0.1) is 0 Å². The highest BCUT2D eigenvalue weighted by atomic mass is 35.5. The average Bonchev–Trinajstić information content (AvgIpc) is 2.84. The van der Waals surface area contributed by atoms with E-state index in [9.17, 15) is 4.79 Å². The predicted molar refractivity (Wildman–Crippen MR) is 85.8 cm³/mol. The first-order valence-electron chi connectivity index (χ1n) is 6.69. The quantitative estimate of drug-likeness (QED) is 0.822. The van der Waals surface area contributed by atoms with Gasteiger partial charge in [0.2, 0.25) is 0 Å². The highest BCUT2D eigenvalue weighted by molar-refractivity contribution is 6.42. The van der Waals surface area contributed by atoms with Crippen LogP contribution in [0.25, 0.3) is 0 Å². The van der Waals surface area contributed by atoms with Gasteiger partial charge in [-0.3, -0.25) is 4.79 Å². The Hall–Kier alpha value is -1.71. The fraction of sp³-hybridized carbons (Fsp3) is 0.188. The van der Waals surface area contributed by atoms with Crippen molar-refractivity contribution in [3.63, 3.8) is 0 Å². The average molecular weight is 321 g/mol. The highest BCUT2D eigenvalue weighted by Crippen LogP contribution is 2.32. The van der Waals surface area contributed by atoms with E-state index in [0.29, 0.717) is 15.6 Å². The summed E-state index contributed by atoms with van der Waals surface area (Å²) < 4.78 is 0. The zero-order chi connectivity index (χ0) is 15.0. The Bertz CT molecular complexity index is 715. The molecule has 1 aliphatic carbocycles. The first-order chi connectivity index (χ1) is 10.0. The van der Waals surface area contributed by atoms with Crippen molar-refractivity contribution in [3.8, 4) is 0 Å². The fourth-order valence-corrected chi connectivity index (χ4v) is 2.96. The molecule has 21 heavy (non-hydrogen) atoms. The third-order valence-electron chi connectivity index (χ3n) is 3.73. The lowest BCUT2D eigenvalue weighted by atomic mass is 10.1. The second-order valence-corrected chi connectivity index (χ2v) is 5.97. The number of rotatable bonds is 2. The molecule has 3 nitrogen and oxygen atoms in total. The zero-order valence-corrected chi connectivity index (χ0v) is 12.7. The van der Waals surface area contributed by atoms with Gasteiger partial charge < -0.3 is 11.1 Å². The maximum Gasteiger partial charge on any atom is 0.251 e. The number of fused-ring (bicyclic) bond motifs is 1. The van der Waals surface area contributed by atoms with Gasteiger partial charge in [0.1, 0.15) is 0 Å². The first kappa shape index (κ1) is 14.2. The first-order valence-corrected chi connectivity index (χ1v) is 7.44. The van der Waals surface area contributed by atoms with Crippen molar-refractivity contribution in [1.29, 1.82) is 0 Å². The van der Waals surface area contributed by atoms with Crippen LogP contribution in [0.2, 0.25) is 10.0 Å². The topological polar surface area (TPSA) is 55.1 Å². The van der Waals surface area contributed by atoms with Crippen molar-refractivity contribution in [3.05, 3.63) is 63.1 Å². The molecule has 1 unspecified atom stereocenters. The molecule has 3 N–H and O–H groups in total. The van der Waals surface area contributed by atoms with Crippen LogP contribution in [0.3, 0.4) is 0 Å². The molecule has 108 valence electrons. The molecule has 1 amide bonds. The number of benzene rings is 2. The molecule has 0 aliphatic heterocycles. The van der Waals surface area contributed by atoms with E-state index in [4.69, 9.17) is 28.9 Å². The van der Waals surface area contributed by atoms with Gasteiger partial charge in [0.05, 0.1) is 16.1 Å². The molecule has 0 bridgehead atoms. The Morgan fingerprint density at radius 2 is 1.95 bits per heavy atom. The van der Waals surface area contributed by atoms with Crippen LogP contribution in [0.4, 0.5) is 5.69 Å². The van der Waals surface area contributed by atoms with Crippen molar-refractivity contribution in [2.45, 2.75) is 18.9 Å². The van der Waals surface area contributed by atoms with Crippen molar-refractivity contribution < 1.29 is 4.79 Å². The highest BCUT2D eigenvalue weighted by Gasteiger charge is 2.24. The summed E-state index contributed by atoms with van der Waals surface area (Å²) in [5.41, 5.74) is 9.39. The van der Waals surface area contributed by atoms with Crippen molar-refractivity contribution in [1.82, 2.24) is 5.32 Å². The van der Waals surface area contributed by atoms with E-state index in [0.717, 1.165) is 24.1 Å². The molecular formula is C16H14Cl2N2O.